The van der Waals surface area contributed by atoms with Gasteiger partial charge in [0.15, 0.2) is 19.6 Å². The van der Waals surface area contributed by atoms with Crippen LogP contribution >= 0.6 is 7.37 Å². The number of hydrogen-bond acceptors (Lipinski definition) is 25. The maximum absolute atomic E-state index is 14.3. The molecule has 0 saturated heterocycles. The largest absolute Gasteiger partial charge is 0.456 e. The fourth-order valence-corrected chi connectivity index (χ4v) is 16.5. The van der Waals surface area contributed by atoms with Crippen LogP contribution in [-0.4, -0.2) is 286 Å². The van der Waals surface area contributed by atoms with Crippen LogP contribution in [-0.2, 0) is 117 Å². The lowest BCUT2D eigenvalue weighted by Gasteiger charge is -2.33. The number of nitrogens with zero attached hydrogens (tertiary/aromatic N) is 4. The molecule has 2 heterocycles. The number of cyclic esters (lactones) is 4. The number of rotatable bonds is 32. The number of likely N-dealkylation sites (N-methyl/N-ethyl adjacent to an activating group) is 4. The van der Waals surface area contributed by atoms with Gasteiger partial charge in [-0.3, -0.25) is 52.5 Å². The number of allylic oxidation sites excluding steroid dienone is 2. The first kappa shape index (κ1) is 127. The number of hydrogen-bond donors (Lipinski definition) is 9. The van der Waals surface area contributed by atoms with E-state index in [2.05, 4.69) is 42.5 Å². The van der Waals surface area contributed by atoms with E-state index in [0.29, 0.717) is 62.9 Å². The van der Waals surface area contributed by atoms with Gasteiger partial charge in [-0.25, -0.2) is 28.8 Å². The van der Waals surface area contributed by atoms with Gasteiger partial charge >= 0.3 is 36.1 Å². The van der Waals surface area contributed by atoms with Crippen molar-refractivity contribution in [1.29, 1.82) is 0 Å². The summed E-state index contributed by atoms with van der Waals surface area (Å²) in [6.07, 6.45) is 7.61. The lowest BCUT2D eigenvalue weighted by molar-refractivity contribution is -0.155. The van der Waals surface area contributed by atoms with Crippen LogP contribution in [0, 0.1) is 35.5 Å². The minimum absolute atomic E-state index is 0.0404. The Morgan fingerprint density at radius 2 is 0.806 bits per heavy atom. The van der Waals surface area contributed by atoms with Crippen LogP contribution in [0.25, 0.3) is 0 Å². The molecule has 2 aliphatic rings. The van der Waals surface area contributed by atoms with Gasteiger partial charge in [-0.1, -0.05) is 206 Å². The Balaban J connectivity index is 0.000000741. The van der Waals surface area contributed by atoms with E-state index in [9.17, 15) is 81.3 Å². The quantitative estimate of drug-likeness (QED) is 0.0108. The third-order valence-corrected chi connectivity index (χ3v) is 26.5. The van der Waals surface area contributed by atoms with Crippen molar-refractivity contribution in [3.05, 3.63) is 118 Å². The number of carbonyl (C=O) groups excluding carboxylic acids is 16. The minimum Gasteiger partial charge on any atom is -0.456 e. The van der Waals surface area contributed by atoms with Crippen molar-refractivity contribution >= 4 is 103 Å². The second kappa shape index (κ2) is 65.2. The Kier molecular flexibility index (Phi) is 57.4. The highest BCUT2D eigenvalue weighted by atomic mass is 31.2. The standard InChI is InChI=1S/C54H87N6O13P.C52H82N6O12/c1-15-35(5)46-49(63)57-40(10)53(67)73-47(36(6)16-2)38(8)43(72-54(68)55-29-23-18-17-19-24-30-70-74(13,14)69)28-27-37(7)52(66)71-44(31-34(3)4)48(62)56-39(9)50(64)60(12)42(32-41-25-21-20-22-26-41)51(65)59(11)33-45(61)58-46;1-13-33(5)44-47(62)55-38(10)51(66)70-45(34(6)14-2)36(8)41(69-52(67)53-27-21-16-15-17-22-28-59)26-25-35(7)50(65)68-42(29-32(3)4)46(61)54-37(9)48(63)58(12)40(30-39-23-19-18-20-24-39)49(64)57(11)31-43(60)56-44/h16,20-22,25-27,34-35,38-40,42-44,46-47H,15,17-19,23-24,28-33H2,1-14H3,(H,55,68)(H,56,62)(H,57,63)(H,58,61);14,18-20,23-25,32-33,36-38,40-42,44-45,59H,13,15-17,21-22,26-31H2,1-12H3,(H,53,67)(H,54,61)(H,55,62)(H,56,60)/b36-16+,37-27+;34-14+,35-25+/t35?,38-,39-,40+,42+,43-,44+,46-,47+;33?,36-,37-,38+,40+,41-,42+,44-,45+/m00/s1. The zero-order valence-corrected chi connectivity index (χ0v) is 91.0. The summed E-state index contributed by atoms with van der Waals surface area (Å²) < 4.78 is 52.9. The summed E-state index contributed by atoms with van der Waals surface area (Å²) in [5.74, 6) is -12.4. The second-order valence-electron chi connectivity index (χ2n) is 39.4. The lowest BCUT2D eigenvalue weighted by atomic mass is 9.90. The summed E-state index contributed by atoms with van der Waals surface area (Å²) >= 11 is 0. The monoisotopic (exact) mass is 2040 g/mol. The third kappa shape index (κ3) is 45.1. The number of aliphatic hydroxyl groups excluding tert-OH is 1. The van der Waals surface area contributed by atoms with Crippen LogP contribution in [0.3, 0.4) is 0 Å². The number of ether oxygens (including phenoxy) is 6. The van der Waals surface area contributed by atoms with Gasteiger partial charge in [0.1, 0.15) is 72.8 Å². The van der Waals surface area contributed by atoms with Crippen molar-refractivity contribution in [2.45, 2.75) is 339 Å². The Bertz CT molecular complexity index is 4680. The Hall–Kier alpha value is -11.3. The van der Waals surface area contributed by atoms with Gasteiger partial charge in [0.2, 0.25) is 47.3 Å². The molecule has 4 rings (SSSR count). The van der Waals surface area contributed by atoms with Crippen molar-refractivity contribution in [2.75, 3.05) is 80.9 Å². The van der Waals surface area contributed by atoms with Crippen LogP contribution in [0.1, 0.15) is 252 Å². The van der Waals surface area contributed by atoms with Crippen LogP contribution in [0.4, 0.5) is 9.59 Å². The molecule has 144 heavy (non-hydrogen) atoms. The van der Waals surface area contributed by atoms with Crippen molar-refractivity contribution in [2.24, 2.45) is 35.5 Å². The number of aliphatic hydroxyl groups is 1. The summed E-state index contributed by atoms with van der Waals surface area (Å²) in [4.78, 5) is 227. The molecule has 2 aliphatic heterocycles. The number of alkyl carbamates (subject to hydrolysis) is 2. The summed E-state index contributed by atoms with van der Waals surface area (Å²) in [6.45, 7) is 37.2. The topological polar surface area (TPSA) is 484 Å². The van der Waals surface area contributed by atoms with Gasteiger partial charge in [0, 0.05) is 110 Å². The highest BCUT2D eigenvalue weighted by molar-refractivity contribution is 7.57. The van der Waals surface area contributed by atoms with Gasteiger partial charge in [-0.05, 0) is 154 Å². The fraction of sp³-hybridized carbons (Fsp3) is 0.660. The maximum Gasteiger partial charge on any atom is 0.407 e. The number of benzene rings is 2. The van der Waals surface area contributed by atoms with E-state index in [0.717, 1.165) is 65.9 Å². The van der Waals surface area contributed by atoms with Crippen LogP contribution in [0.15, 0.2) is 107 Å². The molecule has 0 radical (unpaired) electrons. The average Bonchev–Trinajstić information content (AvgIpc) is 0.826. The fourth-order valence-electron chi connectivity index (χ4n) is 15.9. The normalized spacial score (nSPS) is 25.7. The molecule has 2 unspecified atom stereocenters. The van der Waals surface area contributed by atoms with Crippen LogP contribution in [0.5, 0.6) is 0 Å². The van der Waals surface area contributed by atoms with E-state index in [4.69, 9.17) is 38.1 Å². The lowest BCUT2D eigenvalue weighted by Crippen LogP contribution is -2.57. The van der Waals surface area contributed by atoms with Gasteiger partial charge in [-0.2, -0.15) is 0 Å². The van der Waals surface area contributed by atoms with Crippen molar-refractivity contribution in [3.63, 3.8) is 0 Å². The zero-order valence-electron chi connectivity index (χ0n) is 90.1. The number of esters is 4. The molecule has 0 aliphatic carbocycles. The van der Waals surface area contributed by atoms with Gasteiger partial charge in [0.25, 0.3) is 11.8 Å². The smallest absolute Gasteiger partial charge is 0.407 e. The average molecular weight is 2040 g/mol. The molecule has 38 heteroatoms. The molecule has 2 aromatic carbocycles. The molecule has 808 valence electrons. The predicted molar refractivity (Wildman–Crippen MR) is 549 cm³/mol. The third-order valence-electron chi connectivity index (χ3n) is 25.7. The van der Waals surface area contributed by atoms with E-state index < -0.39 is 224 Å². The molecule has 12 amide bonds. The van der Waals surface area contributed by atoms with Crippen LogP contribution < -0.4 is 42.5 Å². The van der Waals surface area contributed by atoms with Gasteiger partial charge in [0.05, 0.1) is 19.7 Å². The number of carbonyl (C=O) groups is 16. The molecular formula is C106H169N12O25P. The van der Waals surface area contributed by atoms with E-state index >= 15 is 0 Å². The summed E-state index contributed by atoms with van der Waals surface area (Å²) in [6, 6.07) is 8.66. The minimum atomic E-state index is -2.53. The van der Waals surface area contributed by atoms with E-state index in [1.165, 1.54) is 91.7 Å². The first-order valence-corrected chi connectivity index (χ1v) is 53.3. The number of nitrogens with one attached hydrogen (secondary N) is 8. The molecule has 37 nitrogen and oxygen atoms in total. The van der Waals surface area contributed by atoms with Gasteiger partial charge in [-0.15, -0.1) is 0 Å². The molecule has 9 N–H and O–H groups in total. The molecule has 0 saturated carbocycles. The Morgan fingerprint density at radius 1 is 0.472 bits per heavy atom. The maximum atomic E-state index is 14.3. The van der Waals surface area contributed by atoms with Crippen molar-refractivity contribution in [1.82, 2.24) is 62.1 Å². The Labute approximate surface area is 853 Å². The summed E-state index contributed by atoms with van der Waals surface area (Å²) in [5.41, 5.74) is 2.85. The highest BCUT2D eigenvalue weighted by Gasteiger charge is 2.42. The molecule has 0 fully saturated rings. The zero-order chi connectivity index (χ0) is 109. The van der Waals surface area contributed by atoms with E-state index in [-0.39, 0.29) is 68.1 Å². The molecule has 0 aromatic heterocycles. The predicted octanol–water partition coefficient (Wildman–Crippen LogP) is 11.4. The van der Waals surface area contributed by atoms with Crippen molar-refractivity contribution in [3.8, 4) is 0 Å². The SMILES string of the molecule is C/C=C(\C)[C@H]1OC(=O)[C@@H](C)NC(=O)[C@H](C(C)CC)NC(=O)CN(C)C(=O)[C@@H](Cc2ccccc2)N(C)C(=O)[C@H](C)NC(=O)[C@@H](CC(C)C)OC(=O)/C(C)=C/C[C@H](OC(=O)NCCCCCCCO)[C@@H]1C.C/C=C(\C)[C@H]1OC(=O)[C@@H](C)NC(=O)[C@H](C(C)CC)NC(=O)CN(C)C(=O)[C@@H](Cc2ccccc2)N(C)C(=O)[C@H](C)NC(=O)[C@@H](CC(C)C)OC(=O)/C(C)=C/C[C@H](OC(=O)NCCCCCCCOP(C)(C)=O)[C@@H]1C. The van der Waals surface area contributed by atoms with Crippen molar-refractivity contribution < 1.29 is 119 Å². The van der Waals surface area contributed by atoms with E-state index in [1.807, 2.05) is 53.7 Å². The second-order valence-corrected chi connectivity index (χ2v) is 42.1. The van der Waals surface area contributed by atoms with Gasteiger partial charge < -0.3 is 100 Å². The molecular weight excluding hydrogens is 1870 g/mol. The Morgan fingerprint density at radius 3 is 1.13 bits per heavy atom. The first-order valence-electron chi connectivity index (χ1n) is 50.8. The first-order chi connectivity index (χ1) is 67.8. The number of amides is 12. The van der Waals surface area contributed by atoms with E-state index in [1.54, 1.807) is 129 Å². The summed E-state index contributed by atoms with van der Waals surface area (Å²) in [7, 11) is 3.15. The molecule has 0 bridgehead atoms. The summed E-state index contributed by atoms with van der Waals surface area (Å²) in [5, 5.41) is 30.9. The highest BCUT2D eigenvalue weighted by Crippen LogP contribution is 2.37. The molecule has 18 atom stereocenters. The molecule has 0 spiro atoms. The molecule has 2 aromatic rings. The van der Waals surface area contributed by atoms with Crippen LogP contribution in [0.2, 0.25) is 0 Å². The number of unbranched alkanes of at least 4 members (excludes halogenated alkanes) is 8.